The Labute approximate surface area is 108 Å². The van der Waals surface area contributed by atoms with Gasteiger partial charge in [-0.2, -0.15) is 0 Å². The lowest BCUT2D eigenvalue weighted by molar-refractivity contribution is 0.467. The molecule has 1 aromatic carbocycles. The van der Waals surface area contributed by atoms with Crippen LogP contribution >= 0.6 is 0 Å². The minimum Gasteiger partial charge on any atom is -0.457 e. The van der Waals surface area contributed by atoms with Gasteiger partial charge in [-0.1, -0.05) is 18.2 Å². The van der Waals surface area contributed by atoms with E-state index in [9.17, 15) is 0 Å². The third kappa shape index (κ3) is 2.23. The van der Waals surface area contributed by atoms with E-state index in [4.69, 9.17) is 4.74 Å². The van der Waals surface area contributed by atoms with Gasteiger partial charge in [0, 0.05) is 23.0 Å². The highest BCUT2D eigenvalue weighted by atomic mass is 16.5. The summed E-state index contributed by atoms with van der Waals surface area (Å²) in [6, 6.07) is 12.0. The van der Waals surface area contributed by atoms with E-state index in [1.165, 1.54) is 24.1 Å². The molecular weight excluding hydrogens is 222 g/mol. The number of rotatable bonds is 2. The summed E-state index contributed by atoms with van der Waals surface area (Å²) in [5.74, 6) is 1.89. The Morgan fingerprint density at radius 1 is 1.06 bits per heavy atom. The van der Waals surface area contributed by atoms with Gasteiger partial charge in [0.15, 0.2) is 0 Å². The summed E-state index contributed by atoms with van der Waals surface area (Å²) >= 11 is 0. The first-order valence-corrected chi connectivity index (χ1v) is 6.55. The van der Waals surface area contributed by atoms with Crippen molar-refractivity contribution in [1.82, 2.24) is 4.98 Å². The van der Waals surface area contributed by atoms with E-state index < -0.39 is 0 Å². The Balaban J connectivity index is 1.98. The number of aryl methyl sites for hydroxylation is 2. The fourth-order valence-corrected chi connectivity index (χ4v) is 2.51. The lowest BCUT2D eigenvalue weighted by atomic mass is 9.95. The molecule has 0 unspecified atom stereocenters. The quantitative estimate of drug-likeness (QED) is 0.788. The van der Waals surface area contributed by atoms with Gasteiger partial charge < -0.3 is 4.74 Å². The smallest absolute Gasteiger partial charge is 0.134 e. The molecule has 1 heterocycles. The first kappa shape index (κ1) is 11.3. The maximum atomic E-state index is 6.02. The van der Waals surface area contributed by atoms with Gasteiger partial charge in [0.2, 0.25) is 0 Å². The molecule has 0 amide bonds. The van der Waals surface area contributed by atoms with Crippen LogP contribution in [0.25, 0.3) is 0 Å². The highest BCUT2D eigenvalue weighted by molar-refractivity contribution is 5.42. The van der Waals surface area contributed by atoms with E-state index in [2.05, 4.69) is 11.1 Å². The van der Waals surface area contributed by atoms with Crippen LogP contribution in [-0.4, -0.2) is 4.98 Å². The van der Waals surface area contributed by atoms with Crippen LogP contribution in [0.5, 0.6) is 11.5 Å². The number of nitrogens with zero attached hydrogens (tertiary/aromatic N) is 1. The number of pyridine rings is 1. The molecule has 1 aromatic heterocycles. The SMILES string of the molecule is Cc1cc(Oc2ccccc2)c2c(n1)CCCC2. The van der Waals surface area contributed by atoms with Crippen LogP contribution in [0.15, 0.2) is 36.4 Å². The standard InChI is InChI=1S/C16H17NO/c1-12-11-16(18-13-7-3-2-4-8-13)14-9-5-6-10-15(14)17-12/h2-4,7-8,11H,5-6,9-10H2,1H3. The monoisotopic (exact) mass is 239 g/mol. The zero-order chi connectivity index (χ0) is 12.4. The van der Waals surface area contributed by atoms with Gasteiger partial charge >= 0.3 is 0 Å². The molecular formula is C16H17NO. The largest absolute Gasteiger partial charge is 0.457 e. The van der Waals surface area contributed by atoms with Crippen LogP contribution in [0, 0.1) is 6.92 Å². The molecule has 1 aliphatic rings. The summed E-state index contributed by atoms with van der Waals surface area (Å²) in [5.41, 5.74) is 3.57. The lowest BCUT2D eigenvalue weighted by Crippen LogP contribution is -2.08. The summed E-state index contributed by atoms with van der Waals surface area (Å²) < 4.78 is 6.02. The Morgan fingerprint density at radius 2 is 1.83 bits per heavy atom. The Morgan fingerprint density at radius 3 is 2.67 bits per heavy atom. The van der Waals surface area contributed by atoms with E-state index in [0.29, 0.717) is 0 Å². The molecule has 1 aliphatic carbocycles. The first-order valence-electron chi connectivity index (χ1n) is 6.55. The predicted molar refractivity (Wildman–Crippen MR) is 72.1 cm³/mol. The number of hydrogen-bond acceptors (Lipinski definition) is 2. The van der Waals surface area contributed by atoms with Crippen LogP contribution in [0.1, 0.15) is 29.8 Å². The molecule has 0 atom stereocenters. The number of ether oxygens (including phenoxy) is 1. The molecule has 0 spiro atoms. The Kier molecular flexibility index (Phi) is 3.01. The minimum absolute atomic E-state index is 0.899. The Bertz CT molecular complexity index is 549. The molecule has 92 valence electrons. The predicted octanol–water partition coefficient (Wildman–Crippen LogP) is 4.06. The molecule has 0 aliphatic heterocycles. The van der Waals surface area contributed by atoms with Gasteiger partial charge in [0.1, 0.15) is 11.5 Å². The van der Waals surface area contributed by atoms with E-state index in [1.807, 2.05) is 37.3 Å². The summed E-state index contributed by atoms with van der Waals surface area (Å²) in [4.78, 5) is 4.64. The fourth-order valence-electron chi connectivity index (χ4n) is 2.51. The average molecular weight is 239 g/mol. The van der Waals surface area contributed by atoms with Gasteiger partial charge in [-0.25, -0.2) is 0 Å². The maximum Gasteiger partial charge on any atom is 0.134 e. The molecule has 2 aromatic rings. The number of fused-ring (bicyclic) bond motifs is 1. The topological polar surface area (TPSA) is 22.1 Å². The molecule has 2 nitrogen and oxygen atoms in total. The zero-order valence-corrected chi connectivity index (χ0v) is 10.6. The maximum absolute atomic E-state index is 6.02. The summed E-state index contributed by atoms with van der Waals surface area (Å²) in [6.07, 6.45) is 4.66. The average Bonchev–Trinajstić information content (AvgIpc) is 2.40. The van der Waals surface area contributed by atoms with Crippen molar-refractivity contribution in [3.05, 3.63) is 53.3 Å². The summed E-state index contributed by atoms with van der Waals surface area (Å²) in [5, 5.41) is 0. The molecule has 0 saturated carbocycles. The molecule has 18 heavy (non-hydrogen) atoms. The molecule has 3 rings (SSSR count). The molecule has 0 bridgehead atoms. The molecule has 0 N–H and O–H groups in total. The third-order valence-corrected chi connectivity index (χ3v) is 3.36. The van der Waals surface area contributed by atoms with Crippen molar-refractivity contribution in [1.29, 1.82) is 0 Å². The van der Waals surface area contributed by atoms with Crippen molar-refractivity contribution >= 4 is 0 Å². The van der Waals surface area contributed by atoms with E-state index in [-0.39, 0.29) is 0 Å². The van der Waals surface area contributed by atoms with Gasteiger partial charge in [-0.05, 0) is 44.7 Å². The van der Waals surface area contributed by atoms with Crippen LogP contribution in [0.2, 0.25) is 0 Å². The second-order valence-electron chi connectivity index (χ2n) is 4.81. The lowest BCUT2D eigenvalue weighted by Gasteiger charge is -2.19. The zero-order valence-electron chi connectivity index (χ0n) is 10.6. The third-order valence-electron chi connectivity index (χ3n) is 3.36. The molecule has 0 fully saturated rings. The highest BCUT2D eigenvalue weighted by Crippen LogP contribution is 2.32. The van der Waals surface area contributed by atoms with Crippen molar-refractivity contribution in [3.8, 4) is 11.5 Å². The van der Waals surface area contributed by atoms with Crippen LogP contribution in [0.4, 0.5) is 0 Å². The number of benzene rings is 1. The van der Waals surface area contributed by atoms with Crippen LogP contribution < -0.4 is 4.74 Å². The fraction of sp³-hybridized carbons (Fsp3) is 0.312. The van der Waals surface area contributed by atoms with Crippen molar-refractivity contribution in [3.63, 3.8) is 0 Å². The van der Waals surface area contributed by atoms with Crippen LogP contribution in [-0.2, 0) is 12.8 Å². The second kappa shape index (κ2) is 4.81. The normalized spacial score (nSPS) is 14.1. The Hall–Kier alpha value is -1.83. The van der Waals surface area contributed by atoms with Crippen molar-refractivity contribution in [2.45, 2.75) is 32.6 Å². The van der Waals surface area contributed by atoms with Crippen LogP contribution in [0.3, 0.4) is 0 Å². The number of aromatic nitrogens is 1. The summed E-state index contributed by atoms with van der Waals surface area (Å²) in [6.45, 7) is 2.03. The first-order chi connectivity index (χ1) is 8.83. The van der Waals surface area contributed by atoms with E-state index in [1.54, 1.807) is 0 Å². The van der Waals surface area contributed by atoms with Gasteiger partial charge in [0.05, 0.1) is 0 Å². The second-order valence-corrected chi connectivity index (χ2v) is 4.81. The highest BCUT2D eigenvalue weighted by Gasteiger charge is 2.16. The summed E-state index contributed by atoms with van der Waals surface area (Å²) in [7, 11) is 0. The minimum atomic E-state index is 0.899. The van der Waals surface area contributed by atoms with Crippen molar-refractivity contribution in [2.24, 2.45) is 0 Å². The van der Waals surface area contributed by atoms with E-state index in [0.717, 1.165) is 30.0 Å². The van der Waals surface area contributed by atoms with Gasteiger partial charge in [-0.15, -0.1) is 0 Å². The van der Waals surface area contributed by atoms with Crippen molar-refractivity contribution < 1.29 is 4.74 Å². The van der Waals surface area contributed by atoms with E-state index >= 15 is 0 Å². The number of para-hydroxylation sites is 1. The number of hydrogen-bond donors (Lipinski definition) is 0. The van der Waals surface area contributed by atoms with Gasteiger partial charge in [0.25, 0.3) is 0 Å². The van der Waals surface area contributed by atoms with Gasteiger partial charge in [-0.3, -0.25) is 4.98 Å². The van der Waals surface area contributed by atoms with Crippen molar-refractivity contribution in [2.75, 3.05) is 0 Å². The molecule has 0 saturated heterocycles. The molecule has 0 radical (unpaired) electrons. The molecule has 2 heteroatoms.